The minimum Gasteiger partial charge on any atom is -0.380 e. The number of carbonyl (C=O) groups is 1. The fourth-order valence-corrected chi connectivity index (χ4v) is 3.80. The summed E-state index contributed by atoms with van der Waals surface area (Å²) >= 11 is 0. The van der Waals surface area contributed by atoms with E-state index in [9.17, 15) is 4.79 Å². The normalized spacial score (nSPS) is 26.6. The third-order valence-corrected chi connectivity index (χ3v) is 5.02. The van der Waals surface area contributed by atoms with Gasteiger partial charge in [-0.05, 0) is 0 Å². The van der Waals surface area contributed by atoms with Gasteiger partial charge in [0.2, 0.25) is 5.76 Å². The summed E-state index contributed by atoms with van der Waals surface area (Å²) in [6.45, 7) is 4.78. The Morgan fingerprint density at radius 3 is 3.21 bits per heavy atom. The molecule has 2 saturated heterocycles. The lowest BCUT2D eigenvalue weighted by atomic mass is 9.81. The molecule has 2 fully saturated rings. The average Bonchev–Trinajstić information content (AvgIpc) is 3.29. The first kappa shape index (κ1) is 15.3. The molecule has 0 radical (unpaired) electrons. The van der Waals surface area contributed by atoms with Gasteiger partial charge in [-0.2, -0.15) is 5.10 Å². The van der Waals surface area contributed by atoms with Crippen molar-refractivity contribution >= 4 is 5.91 Å². The van der Waals surface area contributed by atoms with Crippen LogP contribution in [0.15, 0.2) is 29.2 Å². The maximum Gasteiger partial charge on any atom is 0.289 e. The molecule has 0 aliphatic carbocycles. The largest absolute Gasteiger partial charge is 0.380 e. The van der Waals surface area contributed by atoms with Gasteiger partial charge in [-0.15, -0.1) is 0 Å². The lowest BCUT2D eigenvalue weighted by Crippen LogP contribution is -2.43. The topological polar surface area (TPSA) is 85.4 Å². The second-order valence-corrected chi connectivity index (χ2v) is 6.83. The first-order chi connectivity index (χ1) is 11.6. The van der Waals surface area contributed by atoms with Gasteiger partial charge in [-0.1, -0.05) is 5.16 Å². The zero-order valence-corrected chi connectivity index (χ0v) is 13.6. The van der Waals surface area contributed by atoms with Crippen LogP contribution < -0.4 is 5.32 Å². The van der Waals surface area contributed by atoms with E-state index in [0.29, 0.717) is 19.1 Å². The molecule has 8 heteroatoms. The predicted molar refractivity (Wildman–Crippen MR) is 84.1 cm³/mol. The number of aryl methyl sites for hydroxylation is 1. The molecule has 1 N–H and O–H groups in total. The van der Waals surface area contributed by atoms with E-state index in [1.54, 1.807) is 6.07 Å². The lowest BCUT2D eigenvalue weighted by Gasteiger charge is -2.27. The van der Waals surface area contributed by atoms with Crippen LogP contribution in [-0.4, -0.2) is 58.6 Å². The van der Waals surface area contributed by atoms with E-state index in [-0.39, 0.29) is 17.1 Å². The Morgan fingerprint density at radius 1 is 1.54 bits per heavy atom. The lowest BCUT2D eigenvalue weighted by molar-refractivity contribution is 0.0869. The second kappa shape index (κ2) is 6.03. The molecule has 1 amide bonds. The number of rotatable bonds is 5. The highest BCUT2D eigenvalue weighted by Crippen LogP contribution is 2.41. The van der Waals surface area contributed by atoms with Crippen molar-refractivity contribution in [3.05, 3.63) is 36.0 Å². The van der Waals surface area contributed by atoms with Crippen molar-refractivity contribution in [3.8, 4) is 0 Å². The SMILES string of the molecule is Cn1cc(CN2C[C@@H]3COC[C@]3(CNC(=O)c3ccno3)C2)cn1. The molecule has 4 heterocycles. The van der Waals surface area contributed by atoms with Gasteiger partial charge < -0.3 is 14.6 Å². The van der Waals surface area contributed by atoms with Crippen molar-refractivity contribution in [2.75, 3.05) is 32.8 Å². The molecule has 24 heavy (non-hydrogen) atoms. The molecule has 2 aliphatic heterocycles. The standard InChI is InChI=1S/C16H21N5O3/c1-20-5-12(4-18-20)6-21-7-13-8-23-11-16(13,10-21)9-17-15(22)14-2-3-19-24-14/h2-5,13H,6-11H2,1H3,(H,17,22)/t13-,16+/m1/s1. The smallest absolute Gasteiger partial charge is 0.289 e. The Balaban J connectivity index is 1.40. The van der Waals surface area contributed by atoms with E-state index < -0.39 is 0 Å². The summed E-state index contributed by atoms with van der Waals surface area (Å²) in [5, 5.41) is 10.8. The fraction of sp³-hybridized carbons (Fsp3) is 0.562. The first-order valence-electron chi connectivity index (χ1n) is 8.11. The van der Waals surface area contributed by atoms with Crippen molar-refractivity contribution in [1.29, 1.82) is 0 Å². The molecule has 0 aromatic carbocycles. The number of aromatic nitrogens is 3. The van der Waals surface area contributed by atoms with Gasteiger partial charge in [-0.25, -0.2) is 0 Å². The quantitative estimate of drug-likeness (QED) is 0.847. The van der Waals surface area contributed by atoms with Crippen LogP contribution in [0.4, 0.5) is 0 Å². The van der Waals surface area contributed by atoms with Gasteiger partial charge in [0, 0.05) is 62.4 Å². The Bertz CT molecular complexity index is 713. The third-order valence-electron chi connectivity index (χ3n) is 5.02. The highest BCUT2D eigenvalue weighted by atomic mass is 16.5. The van der Waals surface area contributed by atoms with Crippen LogP contribution in [0, 0.1) is 11.3 Å². The van der Waals surface area contributed by atoms with Crippen LogP contribution in [-0.2, 0) is 18.3 Å². The fourth-order valence-electron chi connectivity index (χ4n) is 3.80. The summed E-state index contributed by atoms with van der Waals surface area (Å²) in [5.74, 6) is 0.453. The Morgan fingerprint density at radius 2 is 2.46 bits per heavy atom. The summed E-state index contributed by atoms with van der Waals surface area (Å²) in [5.41, 5.74) is 1.18. The van der Waals surface area contributed by atoms with Gasteiger partial charge in [0.05, 0.1) is 25.6 Å². The zero-order valence-electron chi connectivity index (χ0n) is 13.6. The molecule has 0 saturated carbocycles. The monoisotopic (exact) mass is 331 g/mol. The van der Waals surface area contributed by atoms with Crippen molar-refractivity contribution in [2.24, 2.45) is 18.4 Å². The van der Waals surface area contributed by atoms with Gasteiger partial charge >= 0.3 is 0 Å². The van der Waals surface area contributed by atoms with E-state index >= 15 is 0 Å². The highest BCUT2D eigenvalue weighted by molar-refractivity contribution is 5.91. The summed E-state index contributed by atoms with van der Waals surface area (Å²) < 4.78 is 12.4. The second-order valence-electron chi connectivity index (χ2n) is 6.83. The number of fused-ring (bicyclic) bond motifs is 1. The molecule has 2 aromatic rings. The van der Waals surface area contributed by atoms with Crippen LogP contribution in [0.2, 0.25) is 0 Å². The summed E-state index contributed by atoms with van der Waals surface area (Å²) in [6.07, 6.45) is 5.42. The number of hydrogen-bond donors (Lipinski definition) is 1. The first-order valence-corrected chi connectivity index (χ1v) is 8.11. The molecular weight excluding hydrogens is 310 g/mol. The van der Waals surface area contributed by atoms with E-state index in [1.807, 2.05) is 24.1 Å². The maximum atomic E-state index is 12.1. The van der Waals surface area contributed by atoms with E-state index in [0.717, 1.165) is 26.2 Å². The molecule has 8 nitrogen and oxygen atoms in total. The van der Waals surface area contributed by atoms with Crippen molar-refractivity contribution in [1.82, 2.24) is 25.2 Å². The molecule has 2 aliphatic rings. The van der Waals surface area contributed by atoms with E-state index in [1.165, 1.54) is 11.8 Å². The van der Waals surface area contributed by atoms with Gasteiger partial charge in [0.1, 0.15) is 0 Å². The molecule has 2 atom stereocenters. The van der Waals surface area contributed by atoms with Gasteiger partial charge in [-0.3, -0.25) is 14.4 Å². The summed E-state index contributed by atoms with van der Waals surface area (Å²) in [4.78, 5) is 14.5. The van der Waals surface area contributed by atoms with Crippen molar-refractivity contribution < 1.29 is 14.1 Å². The number of ether oxygens (including phenoxy) is 1. The van der Waals surface area contributed by atoms with E-state index in [4.69, 9.17) is 9.26 Å². The molecule has 0 bridgehead atoms. The molecule has 128 valence electrons. The Kier molecular flexibility index (Phi) is 3.85. The minimum absolute atomic E-state index is 0.0299. The number of hydrogen-bond acceptors (Lipinski definition) is 6. The van der Waals surface area contributed by atoms with Gasteiger partial charge in [0.15, 0.2) is 0 Å². The van der Waals surface area contributed by atoms with Gasteiger partial charge in [0.25, 0.3) is 5.91 Å². The number of amides is 1. The molecular formula is C16H21N5O3. The molecule has 0 spiro atoms. The zero-order chi connectivity index (χ0) is 16.6. The molecule has 0 unspecified atom stereocenters. The van der Waals surface area contributed by atoms with Crippen LogP contribution in [0.3, 0.4) is 0 Å². The van der Waals surface area contributed by atoms with Crippen molar-refractivity contribution in [2.45, 2.75) is 6.54 Å². The van der Waals surface area contributed by atoms with Crippen LogP contribution in [0.25, 0.3) is 0 Å². The predicted octanol–water partition coefficient (Wildman–Crippen LogP) is 0.287. The number of nitrogens with zero attached hydrogens (tertiary/aromatic N) is 4. The summed E-state index contributed by atoms with van der Waals surface area (Å²) in [7, 11) is 1.93. The maximum absolute atomic E-state index is 12.1. The Labute approximate surface area is 139 Å². The van der Waals surface area contributed by atoms with Crippen LogP contribution >= 0.6 is 0 Å². The highest BCUT2D eigenvalue weighted by Gasteiger charge is 2.50. The van der Waals surface area contributed by atoms with Crippen LogP contribution in [0.1, 0.15) is 16.1 Å². The van der Waals surface area contributed by atoms with Crippen molar-refractivity contribution in [3.63, 3.8) is 0 Å². The number of carbonyl (C=O) groups excluding carboxylic acids is 1. The van der Waals surface area contributed by atoms with Crippen LogP contribution in [0.5, 0.6) is 0 Å². The molecule has 2 aromatic heterocycles. The average molecular weight is 331 g/mol. The molecule has 4 rings (SSSR count). The van der Waals surface area contributed by atoms with E-state index in [2.05, 4.69) is 20.5 Å². The third kappa shape index (κ3) is 2.83. The minimum atomic E-state index is -0.224. The number of likely N-dealkylation sites (tertiary alicyclic amines) is 1. The Hall–Kier alpha value is -2.19. The summed E-state index contributed by atoms with van der Waals surface area (Å²) in [6, 6.07) is 1.57. The number of nitrogens with one attached hydrogen (secondary N) is 1.